The monoisotopic (exact) mass is 468 g/mol. The van der Waals surface area contributed by atoms with Crippen molar-refractivity contribution in [3.8, 4) is 0 Å². The van der Waals surface area contributed by atoms with Gasteiger partial charge in [0.2, 0.25) is 10.0 Å². The van der Waals surface area contributed by atoms with Crippen molar-refractivity contribution in [1.82, 2.24) is 19.0 Å². The van der Waals surface area contributed by atoms with Crippen LogP contribution in [0.1, 0.15) is 28.9 Å². The number of aromatic nitrogens is 2. The lowest BCUT2D eigenvalue weighted by atomic mass is 10.2. The van der Waals surface area contributed by atoms with Gasteiger partial charge in [0.05, 0.1) is 22.7 Å². The highest BCUT2D eigenvalue weighted by molar-refractivity contribution is 9.10. The third kappa shape index (κ3) is 3.66. The first-order valence-corrected chi connectivity index (χ1v) is 11.6. The molecule has 0 spiro atoms. The molecule has 1 N–H and O–H groups in total. The number of amides is 1. The molecule has 1 aliphatic heterocycles. The highest BCUT2D eigenvalue weighted by atomic mass is 79.9. The summed E-state index contributed by atoms with van der Waals surface area (Å²) in [5.74, 6) is -0.350. The van der Waals surface area contributed by atoms with Crippen LogP contribution in [0.3, 0.4) is 0 Å². The molecule has 0 unspecified atom stereocenters. The number of hydrogen-bond donors (Lipinski definition) is 1. The summed E-state index contributed by atoms with van der Waals surface area (Å²) in [6.07, 6.45) is 5.49. The zero-order valence-corrected chi connectivity index (χ0v) is 17.5. The van der Waals surface area contributed by atoms with E-state index in [1.807, 2.05) is 22.2 Å². The second-order valence-electron chi connectivity index (χ2n) is 6.26. The van der Waals surface area contributed by atoms with Gasteiger partial charge in [-0.2, -0.15) is 4.31 Å². The Morgan fingerprint density at radius 3 is 2.81 bits per heavy atom. The number of thiazole rings is 1. The lowest BCUT2D eigenvalue weighted by molar-refractivity contribution is 0.0949. The van der Waals surface area contributed by atoms with Gasteiger partial charge in [0.25, 0.3) is 5.91 Å². The predicted molar refractivity (Wildman–Crippen MR) is 106 cm³/mol. The van der Waals surface area contributed by atoms with Crippen molar-refractivity contribution < 1.29 is 13.2 Å². The number of nitrogens with zero attached hydrogens (tertiary/aromatic N) is 3. The van der Waals surface area contributed by atoms with E-state index in [0.717, 1.165) is 23.5 Å². The zero-order chi connectivity index (χ0) is 19.0. The standard InChI is InChI=1S/C17H17BrN4O3S2/c18-15-4-3-13(27(24,25)22-5-1-2-6-22)9-14(15)16(23)19-10-12-11-21-7-8-26-17(21)20-12/h3-4,7-9,11H,1-2,5-6,10H2,(H,19,23). The van der Waals surface area contributed by atoms with Crippen molar-refractivity contribution in [1.29, 1.82) is 0 Å². The molecule has 3 aromatic rings. The van der Waals surface area contributed by atoms with Gasteiger partial charge in [0, 0.05) is 35.3 Å². The van der Waals surface area contributed by atoms with Crippen molar-refractivity contribution in [3.05, 3.63) is 51.7 Å². The molecule has 142 valence electrons. The zero-order valence-electron chi connectivity index (χ0n) is 14.3. The van der Waals surface area contributed by atoms with E-state index in [1.165, 1.54) is 27.8 Å². The minimum absolute atomic E-state index is 0.139. The van der Waals surface area contributed by atoms with Gasteiger partial charge < -0.3 is 5.32 Å². The molecule has 0 saturated carbocycles. The number of hydrogen-bond acceptors (Lipinski definition) is 5. The number of carbonyl (C=O) groups is 1. The van der Waals surface area contributed by atoms with Gasteiger partial charge in [-0.3, -0.25) is 9.20 Å². The van der Waals surface area contributed by atoms with Gasteiger partial charge in [0.15, 0.2) is 4.96 Å². The number of fused-ring (bicyclic) bond motifs is 1. The van der Waals surface area contributed by atoms with Crippen LogP contribution in [-0.4, -0.2) is 41.1 Å². The minimum atomic E-state index is -3.57. The Hall–Kier alpha value is -1.75. The second kappa shape index (κ2) is 7.34. The SMILES string of the molecule is O=C(NCc1cn2ccsc2n1)c1cc(S(=O)(=O)N2CCCC2)ccc1Br. The predicted octanol–water partition coefficient (Wildman–Crippen LogP) is 2.87. The Morgan fingerprint density at radius 2 is 2.07 bits per heavy atom. The molecule has 4 rings (SSSR count). The van der Waals surface area contributed by atoms with Crippen LogP contribution in [-0.2, 0) is 16.6 Å². The average molecular weight is 469 g/mol. The smallest absolute Gasteiger partial charge is 0.252 e. The van der Waals surface area contributed by atoms with Crippen LogP contribution in [0.2, 0.25) is 0 Å². The van der Waals surface area contributed by atoms with Crippen LogP contribution >= 0.6 is 27.3 Å². The Labute approximate surface area is 169 Å². The highest BCUT2D eigenvalue weighted by Crippen LogP contribution is 2.25. The fourth-order valence-electron chi connectivity index (χ4n) is 3.04. The fourth-order valence-corrected chi connectivity index (χ4v) is 5.73. The van der Waals surface area contributed by atoms with Gasteiger partial charge in [-0.05, 0) is 47.0 Å². The molecule has 1 aromatic carbocycles. The van der Waals surface area contributed by atoms with Crippen LogP contribution in [0.25, 0.3) is 4.96 Å². The van der Waals surface area contributed by atoms with Crippen molar-refractivity contribution in [3.63, 3.8) is 0 Å². The first-order valence-electron chi connectivity index (χ1n) is 8.44. The summed E-state index contributed by atoms with van der Waals surface area (Å²) < 4.78 is 29.4. The molecule has 1 fully saturated rings. The molecule has 0 bridgehead atoms. The maximum absolute atomic E-state index is 12.7. The third-order valence-corrected chi connectivity index (χ3v) is 7.82. The number of halogens is 1. The van der Waals surface area contributed by atoms with E-state index in [0.29, 0.717) is 17.6 Å². The number of carbonyl (C=O) groups excluding carboxylic acids is 1. The molecule has 1 aliphatic rings. The van der Waals surface area contributed by atoms with Crippen LogP contribution < -0.4 is 5.32 Å². The lowest BCUT2D eigenvalue weighted by Gasteiger charge is -2.16. The topological polar surface area (TPSA) is 83.8 Å². The quantitative estimate of drug-likeness (QED) is 0.623. The molecule has 3 heterocycles. The molecule has 0 atom stereocenters. The molecule has 10 heteroatoms. The Balaban J connectivity index is 1.53. The van der Waals surface area contributed by atoms with E-state index in [4.69, 9.17) is 0 Å². The normalized spacial score (nSPS) is 15.4. The molecule has 2 aromatic heterocycles. The van der Waals surface area contributed by atoms with E-state index in [1.54, 1.807) is 6.07 Å². The summed E-state index contributed by atoms with van der Waals surface area (Å²) in [7, 11) is -3.57. The summed E-state index contributed by atoms with van der Waals surface area (Å²) in [5, 5.41) is 4.75. The van der Waals surface area contributed by atoms with E-state index in [2.05, 4.69) is 26.2 Å². The minimum Gasteiger partial charge on any atom is -0.346 e. The molecular formula is C17H17BrN4O3S2. The van der Waals surface area contributed by atoms with Gasteiger partial charge in [-0.15, -0.1) is 11.3 Å². The van der Waals surface area contributed by atoms with Gasteiger partial charge in [0.1, 0.15) is 0 Å². The molecule has 0 aliphatic carbocycles. The first-order chi connectivity index (χ1) is 12.9. The number of sulfonamides is 1. The van der Waals surface area contributed by atoms with Gasteiger partial charge in [-0.25, -0.2) is 13.4 Å². The summed E-state index contributed by atoms with van der Waals surface area (Å²) >= 11 is 4.86. The Morgan fingerprint density at radius 1 is 1.30 bits per heavy atom. The Bertz CT molecular complexity index is 1070. The van der Waals surface area contributed by atoms with Gasteiger partial charge >= 0.3 is 0 Å². The fraction of sp³-hybridized carbons (Fsp3) is 0.294. The third-order valence-electron chi connectivity index (χ3n) is 4.46. The van der Waals surface area contributed by atoms with E-state index >= 15 is 0 Å². The van der Waals surface area contributed by atoms with E-state index < -0.39 is 10.0 Å². The van der Waals surface area contributed by atoms with Crippen molar-refractivity contribution in [2.75, 3.05) is 13.1 Å². The average Bonchev–Trinajstić information content (AvgIpc) is 3.37. The summed E-state index contributed by atoms with van der Waals surface area (Å²) in [4.78, 5) is 18.0. The maximum atomic E-state index is 12.7. The van der Waals surface area contributed by atoms with Crippen molar-refractivity contribution >= 4 is 48.2 Å². The summed E-state index contributed by atoms with van der Waals surface area (Å²) in [6, 6.07) is 4.56. The largest absolute Gasteiger partial charge is 0.346 e. The van der Waals surface area contributed by atoms with Crippen LogP contribution in [0, 0.1) is 0 Å². The number of imidazole rings is 1. The summed E-state index contributed by atoms with van der Waals surface area (Å²) in [5.41, 5.74) is 1.03. The summed E-state index contributed by atoms with van der Waals surface area (Å²) in [6.45, 7) is 1.32. The van der Waals surface area contributed by atoms with Crippen molar-refractivity contribution in [2.45, 2.75) is 24.3 Å². The molecule has 0 radical (unpaired) electrons. The van der Waals surface area contributed by atoms with Crippen LogP contribution in [0.4, 0.5) is 0 Å². The molecular weight excluding hydrogens is 452 g/mol. The molecule has 1 saturated heterocycles. The first kappa shape index (κ1) is 18.6. The molecule has 7 nitrogen and oxygen atoms in total. The number of nitrogens with one attached hydrogen (secondary N) is 1. The molecule has 1 amide bonds. The lowest BCUT2D eigenvalue weighted by Crippen LogP contribution is -2.28. The number of benzene rings is 1. The molecule has 27 heavy (non-hydrogen) atoms. The highest BCUT2D eigenvalue weighted by Gasteiger charge is 2.28. The second-order valence-corrected chi connectivity index (χ2v) is 9.93. The van der Waals surface area contributed by atoms with Crippen LogP contribution in [0.5, 0.6) is 0 Å². The maximum Gasteiger partial charge on any atom is 0.252 e. The van der Waals surface area contributed by atoms with E-state index in [-0.39, 0.29) is 22.9 Å². The Kier molecular flexibility index (Phi) is 5.06. The van der Waals surface area contributed by atoms with Gasteiger partial charge in [-0.1, -0.05) is 0 Å². The number of rotatable bonds is 5. The van der Waals surface area contributed by atoms with E-state index in [9.17, 15) is 13.2 Å². The van der Waals surface area contributed by atoms with Crippen LogP contribution in [0.15, 0.2) is 45.3 Å². The van der Waals surface area contributed by atoms with Crippen molar-refractivity contribution in [2.24, 2.45) is 0 Å².